The van der Waals surface area contributed by atoms with Crippen LogP contribution in [0.25, 0.3) is 0 Å². The molecule has 5 rings (SSSR count). The molecule has 1 saturated carbocycles. The number of nitrogens with zero attached hydrogens (tertiary/aromatic N) is 2. The maximum absolute atomic E-state index is 13.8. The van der Waals surface area contributed by atoms with Gasteiger partial charge in [-0.05, 0) is 82.6 Å². The van der Waals surface area contributed by atoms with Gasteiger partial charge in [0.25, 0.3) is 0 Å². The third-order valence-corrected chi connectivity index (χ3v) is 10.0. The predicted octanol–water partition coefficient (Wildman–Crippen LogP) is 4.57. The van der Waals surface area contributed by atoms with Gasteiger partial charge in [0, 0.05) is 49.4 Å². The number of sulfonamides is 1. The fourth-order valence-electron chi connectivity index (χ4n) is 6.20. The lowest BCUT2D eigenvalue weighted by atomic mass is 9.84. The van der Waals surface area contributed by atoms with E-state index in [1.165, 1.54) is 11.1 Å². The Labute approximate surface area is 228 Å². The van der Waals surface area contributed by atoms with E-state index in [4.69, 9.17) is 0 Å². The topological polar surface area (TPSA) is 81.8 Å². The van der Waals surface area contributed by atoms with Crippen LogP contribution in [-0.4, -0.2) is 61.9 Å². The molecule has 1 amide bonds. The van der Waals surface area contributed by atoms with Gasteiger partial charge in [0.15, 0.2) is 0 Å². The fraction of sp³-hybridized carbons (Fsp3) is 0.567. The van der Waals surface area contributed by atoms with Crippen molar-refractivity contribution in [3.8, 4) is 0 Å². The molecule has 2 aromatic rings. The number of nitrogens with one attached hydrogen (secondary N) is 2. The Morgan fingerprint density at radius 2 is 1.74 bits per heavy atom. The van der Waals surface area contributed by atoms with Crippen molar-refractivity contribution >= 4 is 21.6 Å². The number of carbonyl (C=O) groups is 1. The summed E-state index contributed by atoms with van der Waals surface area (Å²) in [7, 11) is -3.61. The van der Waals surface area contributed by atoms with Gasteiger partial charge in [0.05, 0.1) is 10.9 Å². The molecule has 1 aliphatic carbocycles. The summed E-state index contributed by atoms with van der Waals surface area (Å²) in [5, 5.41) is 3.32. The SMILES string of the molecule is CC(C)(C)N1CCN(C(=O)C2CCC(NS(=O)(=O)c3ccc4c(c3)NCCC4)CC2)C(c2ccccc2)C1. The Hall–Kier alpha value is -2.42. The maximum Gasteiger partial charge on any atom is 0.240 e. The molecule has 206 valence electrons. The molecule has 1 saturated heterocycles. The average Bonchev–Trinajstić information content (AvgIpc) is 2.92. The molecule has 0 spiro atoms. The number of hydrogen-bond acceptors (Lipinski definition) is 5. The van der Waals surface area contributed by atoms with Crippen LogP contribution in [-0.2, 0) is 21.2 Å². The third kappa shape index (κ3) is 5.92. The first-order valence-electron chi connectivity index (χ1n) is 14.1. The van der Waals surface area contributed by atoms with Crippen LogP contribution in [0.3, 0.4) is 0 Å². The largest absolute Gasteiger partial charge is 0.385 e. The molecular weight excluding hydrogens is 496 g/mol. The molecule has 8 heteroatoms. The van der Waals surface area contributed by atoms with E-state index in [1.54, 1.807) is 12.1 Å². The first kappa shape index (κ1) is 27.2. The third-order valence-electron chi connectivity index (χ3n) is 8.52. The number of amides is 1. The van der Waals surface area contributed by atoms with Gasteiger partial charge in [-0.1, -0.05) is 36.4 Å². The second-order valence-electron chi connectivity index (χ2n) is 12.1. The van der Waals surface area contributed by atoms with Crippen LogP contribution in [0.1, 0.15) is 70.0 Å². The van der Waals surface area contributed by atoms with E-state index in [-0.39, 0.29) is 29.4 Å². The monoisotopic (exact) mass is 538 g/mol. The van der Waals surface area contributed by atoms with Crippen molar-refractivity contribution in [2.24, 2.45) is 5.92 Å². The molecule has 2 aliphatic heterocycles. The summed E-state index contributed by atoms with van der Waals surface area (Å²) in [4.78, 5) is 18.7. The normalized spacial score (nSPS) is 24.9. The van der Waals surface area contributed by atoms with Crippen molar-refractivity contribution in [2.45, 2.75) is 81.8 Å². The quantitative estimate of drug-likeness (QED) is 0.583. The minimum Gasteiger partial charge on any atom is -0.385 e. The van der Waals surface area contributed by atoms with Crippen LogP contribution in [0.15, 0.2) is 53.4 Å². The summed E-state index contributed by atoms with van der Waals surface area (Å²) in [6, 6.07) is 15.6. The molecular formula is C30H42N4O3S. The highest BCUT2D eigenvalue weighted by molar-refractivity contribution is 7.89. The first-order chi connectivity index (χ1) is 18.1. The highest BCUT2D eigenvalue weighted by Crippen LogP contribution is 2.34. The lowest BCUT2D eigenvalue weighted by molar-refractivity contribution is -0.143. The Morgan fingerprint density at radius 1 is 1.00 bits per heavy atom. The molecule has 7 nitrogen and oxygen atoms in total. The van der Waals surface area contributed by atoms with Crippen LogP contribution in [0.5, 0.6) is 0 Å². The molecule has 2 fully saturated rings. The smallest absolute Gasteiger partial charge is 0.240 e. The van der Waals surface area contributed by atoms with E-state index >= 15 is 0 Å². The van der Waals surface area contributed by atoms with Crippen LogP contribution in [0.4, 0.5) is 5.69 Å². The number of fused-ring (bicyclic) bond motifs is 1. The number of rotatable bonds is 5. The van der Waals surface area contributed by atoms with Crippen LogP contribution >= 0.6 is 0 Å². The molecule has 1 unspecified atom stereocenters. The van der Waals surface area contributed by atoms with Crippen molar-refractivity contribution < 1.29 is 13.2 Å². The molecule has 2 aromatic carbocycles. The van der Waals surface area contributed by atoms with Crippen molar-refractivity contribution in [1.82, 2.24) is 14.5 Å². The van der Waals surface area contributed by atoms with Crippen molar-refractivity contribution in [3.05, 3.63) is 59.7 Å². The van der Waals surface area contributed by atoms with Crippen molar-refractivity contribution in [2.75, 3.05) is 31.5 Å². The molecule has 1 atom stereocenters. The molecule has 0 bridgehead atoms. The summed E-state index contributed by atoms with van der Waals surface area (Å²) < 4.78 is 29.2. The second kappa shape index (κ2) is 11.0. The van der Waals surface area contributed by atoms with Gasteiger partial charge in [0.1, 0.15) is 0 Å². The summed E-state index contributed by atoms with van der Waals surface area (Å²) in [5.41, 5.74) is 3.32. The van der Waals surface area contributed by atoms with E-state index in [9.17, 15) is 13.2 Å². The molecule has 0 radical (unpaired) electrons. The fourth-order valence-corrected chi connectivity index (χ4v) is 7.53. The van der Waals surface area contributed by atoms with Crippen LogP contribution in [0.2, 0.25) is 0 Å². The molecule has 38 heavy (non-hydrogen) atoms. The van der Waals surface area contributed by atoms with Crippen LogP contribution in [0, 0.1) is 5.92 Å². The van der Waals surface area contributed by atoms with Gasteiger partial charge in [0.2, 0.25) is 15.9 Å². The van der Waals surface area contributed by atoms with Gasteiger partial charge >= 0.3 is 0 Å². The number of piperazine rings is 1. The van der Waals surface area contributed by atoms with Gasteiger partial charge in [-0.2, -0.15) is 0 Å². The second-order valence-corrected chi connectivity index (χ2v) is 13.8. The zero-order chi connectivity index (χ0) is 26.9. The van der Waals surface area contributed by atoms with E-state index < -0.39 is 10.0 Å². The summed E-state index contributed by atoms with van der Waals surface area (Å²) in [6.07, 6.45) is 4.81. The van der Waals surface area contributed by atoms with Gasteiger partial charge in [-0.15, -0.1) is 0 Å². The van der Waals surface area contributed by atoms with Gasteiger partial charge in [-0.25, -0.2) is 13.1 Å². The maximum atomic E-state index is 13.8. The van der Waals surface area contributed by atoms with Crippen molar-refractivity contribution in [3.63, 3.8) is 0 Å². The molecule has 2 heterocycles. The first-order valence-corrected chi connectivity index (χ1v) is 15.6. The number of benzene rings is 2. The van der Waals surface area contributed by atoms with Crippen molar-refractivity contribution in [1.29, 1.82) is 0 Å². The van der Waals surface area contributed by atoms with Gasteiger partial charge < -0.3 is 10.2 Å². The number of carbonyl (C=O) groups excluding carboxylic acids is 1. The highest BCUT2D eigenvalue weighted by Gasteiger charge is 2.39. The minimum atomic E-state index is -3.61. The molecule has 0 aromatic heterocycles. The number of anilines is 1. The zero-order valence-electron chi connectivity index (χ0n) is 22.9. The Morgan fingerprint density at radius 3 is 2.45 bits per heavy atom. The number of aryl methyl sites for hydroxylation is 1. The summed E-state index contributed by atoms with van der Waals surface area (Å²) in [5.74, 6) is 0.158. The molecule has 2 N–H and O–H groups in total. The predicted molar refractivity (Wildman–Crippen MR) is 152 cm³/mol. The Bertz CT molecular complexity index is 1230. The van der Waals surface area contributed by atoms with E-state index in [0.29, 0.717) is 37.1 Å². The Kier molecular flexibility index (Phi) is 7.85. The molecule has 3 aliphatic rings. The lowest BCUT2D eigenvalue weighted by Crippen LogP contribution is -2.57. The minimum absolute atomic E-state index is 0.0329. The highest BCUT2D eigenvalue weighted by atomic mass is 32.2. The summed E-state index contributed by atoms with van der Waals surface area (Å²) in [6.45, 7) is 9.97. The summed E-state index contributed by atoms with van der Waals surface area (Å²) >= 11 is 0. The van der Waals surface area contributed by atoms with Crippen LogP contribution < -0.4 is 10.0 Å². The standard InChI is InChI=1S/C30H42N4O3S/c1-30(2,3)33-18-19-34(28(21-33)23-8-5-4-6-9-23)29(35)24-11-14-25(15-12-24)32-38(36,37)26-16-13-22-10-7-17-31-27(22)20-26/h4-6,8-9,13,16,20,24-25,28,31-32H,7,10-12,14-15,17-19,21H2,1-3H3. The average molecular weight is 539 g/mol. The Balaban J connectivity index is 1.22. The van der Waals surface area contributed by atoms with Gasteiger partial charge in [-0.3, -0.25) is 9.69 Å². The van der Waals surface area contributed by atoms with E-state index in [1.807, 2.05) is 24.3 Å². The van der Waals surface area contributed by atoms with E-state index in [2.05, 4.69) is 52.7 Å². The van der Waals surface area contributed by atoms with E-state index in [0.717, 1.165) is 38.2 Å². The number of hydrogen-bond donors (Lipinski definition) is 2. The lowest BCUT2D eigenvalue weighted by Gasteiger charge is -2.48. The zero-order valence-corrected chi connectivity index (χ0v) is 23.8.